The summed E-state index contributed by atoms with van der Waals surface area (Å²) < 4.78 is 26.5. The van der Waals surface area contributed by atoms with Crippen molar-refractivity contribution < 1.29 is 42.9 Å². The van der Waals surface area contributed by atoms with E-state index < -0.39 is 12.1 Å². The Bertz CT molecular complexity index is 1610. The van der Waals surface area contributed by atoms with Gasteiger partial charge in [0.2, 0.25) is 0 Å². The molecular weight excluding hydrogens is 608 g/mol. The molecule has 5 rings (SSSR count). The van der Waals surface area contributed by atoms with E-state index in [2.05, 4.69) is 15.6 Å². The molecule has 13 heteroatoms. The Morgan fingerprint density at radius 1 is 0.809 bits per heavy atom. The van der Waals surface area contributed by atoms with Crippen LogP contribution in [0.3, 0.4) is 0 Å². The summed E-state index contributed by atoms with van der Waals surface area (Å²) in [6.45, 7) is 2.92. The van der Waals surface area contributed by atoms with Gasteiger partial charge in [-0.1, -0.05) is 35.2 Å². The van der Waals surface area contributed by atoms with E-state index in [1.54, 1.807) is 56.7 Å². The van der Waals surface area contributed by atoms with Gasteiger partial charge in [0.15, 0.2) is 5.78 Å². The number of hydrogen-bond donors (Lipinski definition) is 1. The van der Waals surface area contributed by atoms with Gasteiger partial charge in [-0.05, 0) is 64.2 Å². The molecule has 0 fully saturated rings. The lowest BCUT2D eigenvalue weighted by molar-refractivity contribution is 0.0379. The van der Waals surface area contributed by atoms with Gasteiger partial charge in [0.05, 0.1) is 33.0 Å². The van der Waals surface area contributed by atoms with E-state index in [0.717, 1.165) is 27.1 Å². The summed E-state index contributed by atoms with van der Waals surface area (Å²) in [5, 5.41) is 10.7. The van der Waals surface area contributed by atoms with Crippen LogP contribution in [-0.4, -0.2) is 100 Å². The van der Waals surface area contributed by atoms with Crippen LogP contribution in [-0.2, 0) is 23.7 Å². The Kier molecular flexibility index (Phi) is 12.0. The molecule has 1 heterocycles. The number of hydrogen-bond acceptors (Lipinski definition) is 11. The van der Waals surface area contributed by atoms with E-state index in [1.807, 2.05) is 18.2 Å². The molecule has 248 valence electrons. The summed E-state index contributed by atoms with van der Waals surface area (Å²) >= 11 is 0. The number of methoxy groups -OCH3 is 2. The highest BCUT2D eigenvalue weighted by molar-refractivity contribution is 5.98. The van der Waals surface area contributed by atoms with Gasteiger partial charge in [0, 0.05) is 50.8 Å². The first-order chi connectivity index (χ1) is 23.0. The molecule has 1 N–H and O–H groups in total. The predicted octanol–water partition coefficient (Wildman–Crippen LogP) is 3.83. The van der Waals surface area contributed by atoms with Crippen LogP contribution in [0.5, 0.6) is 0 Å². The summed E-state index contributed by atoms with van der Waals surface area (Å²) in [5.41, 5.74) is 5.43. The van der Waals surface area contributed by atoms with Crippen molar-refractivity contribution in [2.45, 2.75) is 18.8 Å². The maximum atomic E-state index is 13.1. The number of nitrogens with zero attached hydrogens (tertiary/aromatic N) is 3. The summed E-state index contributed by atoms with van der Waals surface area (Å²) in [7, 11) is 3.20. The zero-order valence-corrected chi connectivity index (χ0v) is 26.4. The third-order valence-corrected chi connectivity index (χ3v) is 7.67. The van der Waals surface area contributed by atoms with Crippen LogP contribution in [0.2, 0.25) is 0 Å². The fourth-order valence-corrected chi connectivity index (χ4v) is 5.32. The number of carbonyl (C=O) groups is 3. The molecule has 1 aliphatic carbocycles. The Labute approximate surface area is 272 Å². The molecule has 4 aromatic rings. The molecule has 1 aliphatic rings. The van der Waals surface area contributed by atoms with Gasteiger partial charge in [-0.25, -0.2) is 4.79 Å². The van der Waals surface area contributed by atoms with Crippen LogP contribution >= 0.6 is 0 Å². The molecule has 3 aromatic carbocycles. The first kappa shape index (κ1) is 33.7. The Morgan fingerprint density at radius 2 is 1.49 bits per heavy atom. The lowest BCUT2D eigenvalue weighted by Gasteiger charge is -2.15. The van der Waals surface area contributed by atoms with Gasteiger partial charge in [-0.3, -0.25) is 14.4 Å². The molecule has 0 bridgehead atoms. The van der Waals surface area contributed by atoms with E-state index in [9.17, 15) is 14.4 Å². The van der Waals surface area contributed by atoms with Gasteiger partial charge in [0.1, 0.15) is 17.6 Å². The minimum absolute atomic E-state index is 0.0241. The quantitative estimate of drug-likeness (QED) is 0.0728. The lowest BCUT2D eigenvalue weighted by atomic mass is 9.94. The highest BCUT2D eigenvalue weighted by atomic mass is 16.8. The topological polar surface area (TPSA) is 149 Å². The number of ketones is 1. The molecule has 0 saturated heterocycles. The number of ether oxygens (including phenoxy) is 5. The van der Waals surface area contributed by atoms with Crippen molar-refractivity contribution in [3.8, 4) is 11.1 Å². The second-order valence-corrected chi connectivity index (χ2v) is 10.8. The smallest absolute Gasteiger partial charge is 0.432 e. The largest absolute Gasteiger partial charge is 0.535 e. The summed E-state index contributed by atoms with van der Waals surface area (Å²) in [5.74, 6) is -0.751. The van der Waals surface area contributed by atoms with Gasteiger partial charge in [-0.2, -0.15) is 0 Å². The van der Waals surface area contributed by atoms with Crippen molar-refractivity contribution in [1.82, 2.24) is 20.5 Å². The number of carbonyl (C=O) groups excluding carboxylic acids is 3. The third kappa shape index (κ3) is 8.57. The summed E-state index contributed by atoms with van der Waals surface area (Å²) in [6, 6.07) is 18.0. The minimum Gasteiger partial charge on any atom is -0.432 e. The van der Waals surface area contributed by atoms with Crippen molar-refractivity contribution in [3.63, 3.8) is 0 Å². The van der Waals surface area contributed by atoms with Crippen molar-refractivity contribution in [2.75, 3.05) is 67.0 Å². The van der Waals surface area contributed by atoms with Gasteiger partial charge in [0.25, 0.3) is 5.91 Å². The normalized spacial score (nSPS) is 13.3. The van der Waals surface area contributed by atoms with Crippen LogP contribution in [0.25, 0.3) is 22.2 Å². The van der Waals surface area contributed by atoms with Crippen LogP contribution in [0, 0.1) is 0 Å². The Hall–Kier alpha value is -4.69. The van der Waals surface area contributed by atoms with Gasteiger partial charge < -0.3 is 29.0 Å². The van der Waals surface area contributed by atoms with E-state index in [-0.39, 0.29) is 18.3 Å². The van der Waals surface area contributed by atoms with Crippen molar-refractivity contribution in [2.24, 2.45) is 0 Å². The number of aromatic nitrogens is 3. The van der Waals surface area contributed by atoms with E-state index in [4.69, 9.17) is 28.5 Å². The molecule has 0 radical (unpaired) electrons. The van der Waals surface area contributed by atoms with E-state index in [0.29, 0.717) is 81.2 Å². The number of amides is 1. The fourth-order valence-electron chi connectivity index (χ4n) is 5.32. The van der Waals surface area contributed by atoms with Crippen molar-refractivity contribution in [1.29, 1.82) is 0 Å². The number of Topliss-reactive ketones (excluding diaryl/α,β-unsaturated/α-hetero) is 1. The SMILES string of the molecule is COCCOCCCC(=O)c1ccc2c(c1)C(COC(=O)On1nnc3ccccc31)c1cc(C(=O)NCCOCCOC)ccc1-2. The lowest BCUT2D eigenvalue weighted by Crippen LogP contribution is -2.27. The molecule has 1 unspecified atom stereocenters. The molecular formula is C34H38N4O9. The molecule has 0 saturated carbocycles. The number of fused-ring (bicyclic) bond motifs is 4. The maximum absolute atomic E-state index is 13.1. The average Bonchev–Trinajstić information content (AvgIpc) is 3.64. The number of benzene rings is 3. The molecule has 1 amide bonds. The first-order valence-corrected chi connectivity index (χ1v) is 15.4. The van der Waals surface area contributed by atoms with Crippen LogP contribution in [0.4, 0.5) is 4.79 Å². The Balaban J connectivity index is 1.31. The number of rotatable bonds is 18. The number of nitrogens with one attached hydrogen (secondary N) is 1. The monoisotopic (exact) mass is 646 g/mol. The standard InChI is InChI=1S/C34H38N4O9/c1-42-16-18-44-14-5-8-32(39)23-9-11-25-26-12-10-24(33(40)35-13-15-45-19-17-43-2)21-28(26)29(27(25)20-23)22-46-34(41)47-38-31-7-4-3-6-30(31)36-37-38/h3-4,6-7,9-12,20-21,29H,5,8,13-19,22H2,1-2H3,(H,35,40). The fraction of sp³-hybridized carbons (Fsp3) is 0.382. The maximum Gasteiger partial charge on any atom is 0.535 e. The van der Waals surface area contributed by atoms with E-state index >= 15 is 0 Å². The average molecular weight is 647 g/mol. The number of para-hydroxylation sites is 1. The van der Waals surface area contributed by atoms with Gasteiger partial charge >= 0.3 is 6.16 Å². The third-order valence-electron chi connectivity index (χ3n) is 7.67. The first-order valence-electron chi connectivity index (χ1n) is 15.4. The molecule has 47 heavy (non-hydrogen) atoms. The molecule has 1 atom stereocenters. The predicted molar refractivity (Wildman–Crippen MR) is 170 cm³/mol. The van der Waals surface area contributed by atoms with E-state index in [1.165, 1.54) is 0 Å². The van der Waals surface area contributed by atoms with Crippen LogP contribution in [0.15, 0.2) is 60.7 Å². The highest BCUT2D eigenvalue weighted by Crippen LogP contribution is 2.45. The van der Waals surface area contributed by atoms with Crippen LogP contribution < -0.4 is 10.2 Å². The minimum atomic E-state index is -0.973. The highest BCUT2D eigenvalue weighted by Gasteiger charge is 2.32. The molecule has 0 aliphatic heterocycles. The van der Waals surface area contributed by atoms with Gasteiger partial charge in [-0.15, -0.1) is 5.10 Å². The zero-order valence-electron chi connectivity index (χ0n) is 26.4. The second-order valence-electron chi connectivity index (χ2n) is 10.8. The second kappa shape index (κ2) is 16.7. The summed E-state index contributed by atoms with van der Waals surface area (Å²) in [4.78, 5) is 45.3. The van der Waals surface area contributed by atoms with Crippen LogP contribution in [0.1, 0.15) is 50.6 Å². The summed E-state index contributed by atoms with van der Waals surface area (Å²) in [6.07, 6.45) is -0.0819. The molecule has 13 nitrogen and oxygen atoms in total. The van der Waals surface area contributed by atoms with Crippen molar-refractivity contribution in [3.05, 3.63) is 82.9 Å². The Morgan fingerprint density at radius 3 is 2.23 bits per heavy atom. The molecule has 1 aromatic heterocycles. The zero-order chi connectivity index (χ0) is 33.0. The molecule has 0 spiro atoms. The van der Waals surface area contributed by atoms with Crippen molar-refractivity contribution >= 4 is 28.9 Å².